The molecule has 0 saturated heterocycles. The number of rotatable bonds is 2. The predicted molar refractivity (Wildman–Crippen MR) is 85.9 cm³/mol. The van der Waals surface area contributed by atoms with E-state index in [1.54, 1.807) is 0 Å². The lowest BCUT2D eigenvalue weighted by molar-refractivity contribution is 0.411. The van der Waals surface area contributed by atoms with Gasteiger partial charge in [-0.2, -0.15) is 0 Å². The second-order valence-electron chi connectivity index (χ2n) is 7.03. The van der Waals surface area contributed by atoms with Crippen molar-refractivity contribution in [2.45, 2.75) is 40.3 Å². The van der Waals surface area contributed by atoms with E-state index in [0.29, 0.717) is 5.41 Å². The van der Waals surface area contributed by atoms with Gasteiger partial charge in [0, 0.05) is 18.8 Å². The summed E-state index contributed by atoms with van der Waals surface area (Å²) in [5, 5.41) is 0. The van der Waals surface area contributed by atoms with Crippen molar-refractivity contribution in [1.29, 1.82) is 0 Å². The highest BCUT2D eigenvalue weighted by Gasteiger charge is 2.18. The zero-order valence-corrected chi connectivity index (χ0v) is 12.7. The van der Waals surface area contributed by atoms with Gasteiger partial charge in [0.25, 0.3) is 0 Å². The molecule has 0 saturated carbocycles. The monoisotopic (exact) mass is 265 g/mol. The average Bonchev–Trinajstić information content (AvgIpc) is 2.81. The molecule has 1 aliphatic rings. The standard InChI is InChI=1S/C19H23N/c1-19(2,3)12-15-8-10-18(11-9-15)20-13-16-6-4-5-7-17(16)14-20/h4-11H,12-14H2,1-3H3. The Bertz CT molecular complexity index is 565. The Kier molecular flexibility index (Phi) is 3.29. The van der Waals surface area contributed by atoms with Crippen LogP contribution in [0.2, 0.25) is 0 Å². The molecule has 0 bridgehead atoms. The number of fused-ring (bicyclic) bond motifs is 1. The van der Waals surface area contributed by atoms with Gasteiger partial charge in [0.15, 0.2) is 0 Å². The molecule has 1 heterocycles. The summed E-state index contributed by atoms with van der Waals surface area (Å²) >= 11 is 0. The molecule has 0 unspecified atom stereocenters. The number of hydrogen-bond donors (Lipinski definition) is 0. The summed E-state index contributed by atoms with van der Waals surface area (Å²) in [4.78, 5) is 2.45. The summed E-state index contributed by atoms with van der Waals surface area (Å²) in [5.41, 5.74) is 6.04. The fourth-order valence-electron chi connectivity index (χ4n) is 2.95. The van der Waals surface area contributed by atoms with Crippen LogP contribution in [0.5, 0.6) is 0 Å². The van der Waals surface area contributed by atoms with Crippen LogP contribution < -0.4 is 4.90 Å². The smallest absolute Gasteiger partial charge is 0.0436 e. The van der Waals surface area contributed by atoms with E-state index in [4.69, 9.17) is 0 Å². The third-order valence-corrected chi connectivity index (χ3v) is 3.88. The topological polar surface area (TPSA) is 3.24 Å². The van der Waals surface area contributed by atoms with Gasteiger partial charge < -0.3 is 4.90 Å². The van der Waals surface area contributed by atoms with E-state index in [1.165, 1.54) is 22.4 Å². The van der Waals surface area contributed by atoms with Gasteiger partial charge in [-0.05, 0) is 40.7 Å². The highest BCUT2D eigenvalue weighted by Crippen LogP contribution is 2.29. The van der Waals surface area contributed by atoms with Crippen LogP contribution in [0.1, 0.15) is 37.5 Å². The highest BCUT2D eigenvalue weighted by molar-refractivity contribution is 5.52. The molecule has 104 valence electrons. The maximum absolute atomic E-state index is 2.45. The molecule has 0 fully saturated rings. The summed E-state index contributed by atoms with van der Waals surface area (Å²) in [6.07, 6.45) is 1.13. The van der Waals surface area contributed by atoms with Crippen LogP contribution in [0.25, 0.3) is 0 Å². The molecular formula is C19H23N. The first-order valence-electron chi connectivity index (χ1n) is 7.42. The number of hydrogen-bond acceptors (Lipinski definition) is 1. The van der Waals surface area contributed by atoms with E-state index < -0.39 is 0 Å². The fraction of sp³-hybridized carbons (Fsp3) is 0.368. The first-order chi connectivity index (χ1) is 9.51. The lowest BCUT2D eigenvalue weighted by Gasteiger charge is -2.20. The lowest BCUT2D eigenvalue weighted by atomic mass is 9.88. The van der Waals surface area contributed by atoms with Gasteiger partial charge >= 0.3 is 0 Å². The minimum absolute atomic E-state index is 0.353. The Morgan fingerprint density at radius 1 is 0.850 bits per heavy atom. The minimum Gasteiger partial charge on any atom is -0.363 e. The van der Waals surface area contributed by atoms with E-state index in [0.717, 1.165) is 19.5 Å². The second-order valence-corrected chi connectivity index (χ2v) is 7.03. The van der Waals surface area contributed by atoms with Gasteiger partial charge in [0.1, 0.15) is 0 Å². The van der Waals surface area contributed by atoms with E-state index >= 15 is 0 Å². The van der Waals surface area contributed by atoms with Crippen LogP contribution in [0, 0.1) is 5.41 Å². The van der Waals surface area contributed by atoms with Gasteiger partial charge in [0.05, 0.1) is 0 Å². The largest absolute Gasteiger partial charge is 0.363 e. The van der Waals surface area contributed by atoms with Crippen molar-refractivity contribution >= 4 is 5.69 Å². The molecule has 0 atom stereocenters. The molecule has 0 N–H and O–H groups in total. The van der Waals surface area contributed by atoms with Crippen molar-refractivity contribution in [1.82, 2.24) is 0 Å². The van der Waals surface area contributed by atoms with Gasteiger partial charge in [-0.3, -0.25) is 0 Å². The molecule has 1 nitrogen and oxygen atoms in total. The summed E-state index contributed by atoms with van der Waals surface area (Å²) in [6, 6.07) is 17.9. The van der Waals surface area contributed by atoms with Crippen LogP contribution >= 0.6 is 0 Å². The van der Waals surface area contributed by atoms with Gasteiger partial charge in [-0.1, -0.05) is 57.2 Å². The zero-order valence-electron chi connectivity index (χ0n) is 12.7. The van der Waals surface area contributed by atoms with Crippen molar-refractivity contribution in [3.63, 3.8) is 0 Å². The number of benzene rings is 2. The molecule has 0 amide bonds. The first kappa shape index (κ1) is 13.2. The quantitative estimate of drug-likeness (QED) is 0.754. The molecule has 0 spiro atoms. The Morgan fingerprint density at radius 3 is 1.90 bits per heavy atom. The SMILES string of the molecule is CC(C)(C)Cc1ccc(N2Cc3ccccc3C2)cc1. The second kappa shape index (κ2) is 4.97. The summed E-state index contributed by atoms with van der Waals surface area (Å²) < 4.78 is 0. The molecule has 2 aromatic rings. The third-order valence-electron chi connectivity index (χ3n) is 3.88. The first-order valence-corrected chi connectivity index (χ1v) is 7.42. The Hall–Kier alpha value is -1.76. The number of anilines is 1. The summed E-state index contributed by atoms with van der Waals surface area (Å²) in [7, 11) is 0. The number of nitrogens with zero attached hydrogens (tertiary/aromatic N) is 1. The third kappa shape index (κ3) is 2.87. The van der Waals surface area contributed by atoms with Crippen LogP contribution in [0.15, 0.2) is 48.5 Å². The van der Waals surface area contributed by atoms with E-state index in [1.807, 2.05) is 0 Å². The zero-order chi connectivity index (χ0) is 14.2. The Balaban J connectivity index is 1.74. The van der Waals surface area contributed by atoms with E-state index in [-0.39, 0.29) is 0 Å². The van der Waals surface area contributed by atoms with Crippen molar-refractivity contribution in [2.24, 2.45) is 5.41 Å². The highest BCUT2D eigenvalue weighted by atomic mass is 15.1. The summed E-state index contributed by atoms with van der Waals surface area (Å²) in [6.45, 7) is 8.94. The predicted octanol–water partition coefficient (Wildman–Crippen LogP) is 4.80. The molecule has 3 rings (SSSR count). The minimum atomic E-state index is 0.353. The van der Waals surface area contributed by atoms with Crippen molar-refractivity contribution in [3.05, 3.63) is 65.2 Å². The maximum Gasteiger partial charge on any atom is 0.0436 e. The molecular weight excluding hydrogens is 242 g/mol. The molecule has 0 aliphatic carbocycles. The molecule has 0 aromatic heterocycles. The summed E-state index contributed by atoms with van der Waals surface area (Å²) in [5.74, 6) is 0. The normalized spacial score (nSPS) is 14.4. The van der Waals surface area contributed by atoms with Gasteiger partial charge in [0.2, 0.25) is 0 Å². The maximum atomic E-state index is 2.45. The van der Waals surface area contributed by atoms with Crippen molar-refractivity contribution in [2.75, 3.05) is 4.90 Å². The van der Waals surface area contributed by atoms with Crippen LogP contribution in [-0.2, 0) is 19.5 Å². The average molecular weight is 265 g/mol. The van der Waals surface area contributed by atoms with Crippen molar-refractivity contribution in [3.8, 4) is 0 Å². The van der Waals surface area contributed by atoms with Crippen molar-refractivity contribution < 1.29 is 0 Å². The van der Waals surface area contributed by atoms with Crippen LogP contribution in [-0.4, -0.2) is 0 Å². The Morgan fingerprint density at radius 2 is 1.40 bits per heavy atom. The van der Waals surface area contributed by atoms with E-state index in [2.05, 4.69) is 74.2 Å². The molecule has 1 aliphatic heterocycles. The Labute approximate surface area is 122 Å². The van der Waals surface area contributed by atoms with Gasteiger partial charge in [-0.25, -0.2) is 0 Å². The van der Waals surface area contributed by atoms with E-state index in [9.17, 15) is 0 Å². The van der Waals surface area contributed by atoms with Gasteiger partial charge in [-0.15, -0.1) is 0 Å². The molecule has 2 aromatic carbocycles. The molecule has 20 heavy (non-hydrogen) atoms. The van der Waals surface area contributed by atoms with Crippen LogP contribution in [0.4, 0.5) is 5.69 Å². The fourth-order valence-corrected chi connectivity index (χ4v) is 2.95. The van der Waals surface area contributed by atoms with Crippen LogP contribution in [0.3, 0.4) is 0 Å². The lowest BCUT2D eigenvalue weighted by Crippen LogP contribution is -2.14. The molecule has 1 heteroatoms. The molecule has 0 radical (unpaired) electrons.